The molecule has 2 aromatic rings. The van der Waals surface area contributed by atoms with E-state index in [0.717, 1.165) is 0 Å². The molecule has 0 aliphatic carbocycles. The van der Waals surface area contributed by atoms with Gasteiger partial charge in [-0.1, -0.05) is 6.07 Å². The van der Waals surface area contributed by atoms with E-state index < -0.39 is 12.2 Å². The second-order valence-electron chi connectivity index (χ2n) is 4.36. The van der Waals surface area contributed by atoms with Crippen molar-refractivity contribution < 1.29 is 15.0 Å². The number of aliphatic hydroxyl groups excluding tert-OH is 2. The van der Waals surface area contributed by atoms with Gasteiger partial charge in [-0.15, -0.1) is 0 Å². The van der Waals surface area contributed by atoms with E-state index in [1.807, 2.05) is 0 Å². The lowest BCUT2D eigenvalue weighted by Crippen LogP contribution is -2.27. The van der Waals surface area contributed by atoms with Crippen LogP contribution in [0, 0.1) is 0 Å². The number of benzene rings is 1. The summed E-state index contributed by atoms with van der Waals surface area (Å²) in [6.07, 6.45) is -1.69. The molecule has 19 heavy (non-hydrogen) atoms. The molecule has 0 fully saturated rings. The summed E-state index contributed by atoms with van der Waals surface area (Å²) in [5.41, 5.74) is 1.89. The van der Waals surface area contributed by atoms with Gasteiger partial charge < -0.3 is 15.5 Å². The molecule has 1 aromatic heterocycles. The molecule has 1 heterocycles. The molecule has 0 saturated carbocycles. The predicted octanol–water partition coefficient (Wildman–Crippen LogP) is -0.122. The predicted molar refractivity (Wildman–Crippen MR) is 68.2 cm³/mol. The molecule has 0 saturated heterocycles. The fourth-order valence-corrected chi connectivity index (χ4v) is 1.82. The molecule has 7 nitrogen and oxygen atoms in total. The smallest absolute Gasteiger partial charge is 0.216 e. The first kappa shape index (κ1) is 13.4. The molecule has 1 amide bonds. The van der Waals surface area contributed by atoms with E-state index in [-0.39, 0.29) is 12.3 Å². The minimum absolute atomic E-state index is 0.161. The van der Waals surface area contributed by atoms with Crippen molar-refractivity contribution in [2.45, 2.75) is 25.6 Å². The number of rotatable bonds is 5. The quantitative estimate of drug-likeness (QED) is 0.601. The number of hydrogen-bond donors (Lipinski definition) is 4. The van der Waals surface area contributed by atoms with E-state index in [4.69, 9.17) is 0 Å². The van der Waals surface area contributed by atoms with E-state index >= 15 is 0 Å². The summed E-state index contributed by atoms with van der Waals surface area (Å²) in [5, 5.41) is 32.8. The first-order valence-corrected chi connectivity index (χ1v) is 5.99. The van der Waals surface area contributed by atoms with Gasteiger partial charge in [-0.2, -0.15) is 15.4 Å². The zero-order valence-corrected chi connectivity index (χ0v) is 10.5. The summed E-state index contributed by atoms with van der Waals surface area (Å²) in [7, 11) is 0. The Bertz CT molecular complexity index is 569. The third-order valence-electron chi connectivity index (χ3n) is 2.86. The highest BCUT2D eigenvalue weighted by atomic mass is 16.3. The molecule has 0 spiro atoms. The number of H-pyrrole nitrogens is 1. The molecule has 4 N–H and O–H groups in total. The van der Waals surface area contributed by atoms with Gasteiger partial charge in [-0.05, 0) is 24.1 Å². The maximum atomic E-state index is 10.7. The van der Waals surface area contributed by atoms with Crippen LogP contribution in [-0.4, -0.2) is 44.2 Å². The third kappa shape index (κ3) is 3.27. The highest BCUT2D eigenvalue weighted by molar-refractivity contribution is 5.74. The molecule has 0 aliphatic heterocycles. The van der Waals surface area contributed by atoms with Crippen molar-refractivity contribution in [3.05, 3.63) is 23.8 Å². The summed E-state index contributed by atoms with van der Waals surface area (Å²) in [5.74, 6) is -0.161. The van der Waals surface area contributed by atoms with Gasteiger partial charge in [-0.3, -0.25) is 4.79 Å². The van der Waals surface area contributed by atoms with Crippen LogP contribution in [-0.2, 0) is 4.79 Å². The first-order valence-electron chi connectivity index (χ1n) is 5.99. The Morgan fingerprint density at radius 3 is 2.84 bits per heavy atom. The largest absolute Gasteiger partial charge is 0.390 e. The van der Waals surface area contributed by atoms with Crippen molar-refractivity contribution >= 4 is 16.9 Å². The van der Waals surface area contributed by atoms with Gasteiger partial charge in [-0.25, -0.2) is 0 Å². The van der Waals surface area contributed by atoms with Gasteiger partial charge in [0.1, 0.15) is 17.1 Å². The number of amides is 1. The van der Waals surface area contributed by atoms with E-state index in [1.54, 1.807) is 18.2 Å². The highest BCUT2D eigenvalue weighted by Gasteiger charge is 2.18. The highest BCUT2D eigenvalue weighted by Crippen LogP contribution is 2.21. The third-order valence-corrected chi connectivity index (χ3v) is 2.86. The van der Waals surface area contributed by atoms with E-state index in [1.165, 1.54) is 6.92 Å². The lowest BCUT2D eigenvalue weighted by atomic mass is 10.0. The number of aromatic nitrogens is 3. The van der Waals surface area contributed by atoms with Crippen molar-refractivity contribution in [1.82, 2.24) is 20.7 Å². The van der Waals surface area contributed by atoms with Gasteiger partial charge in [0.2, 0.25) is 5.91 Å². The molecular weight excluding hydrogens is 248 g/mol. The van der Waals surface area contributed by atoms with Gasteiger partial charge in [0.15, 0.2) is 0 Å². The van der Waals surface area contributed by atoms with Crippen LogP contribution >= 0.6 is 0 Å². The number of hydrogen-bond acceptors (Lipinski definition) is 5. The normalized spacial score (nSPS) is 14.3. The van der Waals surface area contributed by atoms with Crippen LogP contribution in [0.5, 0.6) is 0 Å². The van der Waals surface area contributed by atoms with Crippen molar-refractivity contribution in [1.29, 1.82) is 0 Å². The van der Waals surface area contributed by atoms with Crippen molar-refractivity contribution in [2.75, 3.05) is 6.54 Å². The van der Waals surface area contributed by atoms with Crippen LogP contribution in [0.1, 0.15) is 25.0 Å². The Balaban J connectivity index is 2.01. The molecule has 0 radical (unpaired) electrons. The lowest BCUT2D eigenvalue weighted by molar-refractivity contribution is -0.119. The van der Waals surface area contributed by atoms with Gasteiger partial charge in [0, 0.05) is 13.5 Å². The number of nitrogens with one attached hydrogen (secondary N) is 2. The van der Waals surface area contributed by atoms with Gasteiger partial charge in [0.05, 0.1) is 6.10 Å². The summed E-state index contributed by atoms with van der Waals surface area (Å²) < 4.78 is 0. The topological polar surface area (TPSA) is 111 Å². The second kappa shape index (κ2) is 5.77. The maximum absolute atomic E-state index is 10.7. The van der Waals surface area contributed by atoms with Crippen LogP contribution in [0.4, 0.5) is 0 Å². The maximum Gasteiger partial charge on any atom is 0.216 e. The SMILES string of the molecule is CC(=O)NCCC(O)C(O)c1ccc2n[nH]nc2c1. The fourth-order valence-electron chi connectivity index (χ4n) is 1.82. The molecule has 2 unspecified atom stereocenters. The molecule has 0 bridgehead atoms. The average molecular weight is 264 g/mol. The summed E-state index contributed by atoms with van der Waals surface area (Å²) in [4.78, 5) is 10.7. The molecule has 1 aromatic carbocycles. The Kier molecular flexibility index (Phi) is 4.08. The summed E-state index contributed by atoms with van der Waals surface area (Å²) in [6, 6.07) is 5.08. The number of aliphatic hydroxyl groups is 2. The molecule has 2 rings (SSSR count). The lowest BCUT2D eigenvalue weighted by Gasteiger charge is -2.18. The number of carbonyl (C=O) groups excluding carboxylic acids is 1. The molecular formula is C12H16N4O3. The molecule has 0 aliphatic rings. The minimum Gasteiger partial charge on any atom is -0.390 e. The second-order valence-corrected chi connectivity index (χ2v) is 4.36. The zero-order valence-electron chi connectivity index (χ0n) is 10.5. The number of aromatic amines is 1. The van der Waals surface area contributed by atoms with Crippen molar-refractivity contribution in [2.24, 2.45) is 0 Å². The Morgan fingerprint density at radius 2 is 2.11 bits per heavy atom. The Hall–Kier alpha value is -1.99. The summed E-state index contributed by atoms with van der Waals surface area (Å²) >= 11 is 0. The van der Waals surface area contributed by atoms with Crippen molar-refractivity contribution in [3.63, 3.8) is 0 Å². The van der Waals surface area contributed by atoms with Gasteiger partial charge in [0.25, 0.3) is 0 Å². The number of carbonyl (C=O) groups is 1. The molecule has 7 heteroatoms. The number of fused-ring (bicyclic) bond motifs is 1. The van der Waals surface area contributed by atoms with Crippen LogP contribution in [0.3, 0.4) is 0 Å². The standard InChI is InChI=1S/C12H16N4O3/c1-7(17)13-5-4-11(18)12(19)8-2-3-9-10(6-8)15-16-14-9/h2-3,6,11-12,18-19H,4-5H2,1H3,(H,13,17)(H,14,15,16). The van der Waals surface area contributed by atoms with E-state index in [9.17, 15) is 15.0 Å². The van der Waals surface area contributed by atoms with Crippen LogP contribution in [0.25, 0.3) is 11.0 Å². The van der Waals surface area contributed by atoms with Crippen LogP contribution in [0.2, 0.25) is 0 Å². The minimum atomic E-state index is -1.02. The fraction of sp³-hybridized carbons (Fsp3) is 0.417. The molecule has 102 valence electrons. The molecule has 2 atom stereocenters. The van der Waals surface area contributed by atoms with Crippen molar-refractivity contribution in [3.8, 4) is 0 Å². The summed E-state index contributed by atoms with van der Waals surface area (Å²) in [6.45, 7) is 1.72. The van der Waals surface area contributed by atoms with Crippen LogP contribution in [0.15, 0.2) is 18.2 Å². The average Bonchev–Trinajstić information content (AvgIpc) is 2.84. The van der Waals surface area contributed by atoms with Gasteiger partial charge >= 0.3 is 0 Å². The van der Waals surface area contributed by atoms with E-state index in [2.05, 4.69) is 20.7 Å². The zero-order chi connectivity index (χ0) is 13.8. The Labute approximate surface area is 109 Å². The van der Waals surface area contributed by atoms with Crippen LogP contribution < -0.4 is 5.32 Å². The Morgan fingerprint density at radius 1 is 1.37 bits per heavy atom. The first-order chi connectivity index (χ1) is 9.08. The monoisotopic (exact) mass is 264 g/mol. The van der Waals surface area contributed by atoms with E-state index in [0.29, 0.717) is 23.1 Å². The number of nitrogens with zero attached hydrogens (tertiary/aromatic N) is 2.